The van der Waals surface area contributed by atoms with Gasteiger partial charge in [-0.25, -0.2) is 14.5 Å². The van der Waals surface area contributed by atoms with Crippen molar-refractivity contribution in [2.45, 2.75) is 19.5 Å². The number of nitrogens with zero attached hydrogens (tertiary/aromatic N) is 5. The predicted octanol–water partition coefficient (Wildman–Crippen LogP) is 4.15. The Kier molecular flexibility index (Phi) is 4.04. The number of nitrogens with two attached hydrogens (primary N) is 1. The van der Waals surface area contributed by atoms with Gasteiger partial charge < -0.3 is 5.73 Å². The fourth-order valence-corrected chi connectivity index (χ4v) is 5.46. The summed E-state index contributed by atoms with van der Waals surface area (Å²) in [6.07, 6.45) is 2.76. The maximum absolute atomic E-state index is 6.15. The molecule has 3 aromatic heterocycles. The fourth-order valence-electron chi connectivity index (χ4n) is 4.24. The molecule has 0 spiro atoms. The summed E-state index contributed by atoms with van der Waals surface area (Å²) in [5.74, 6) is 0.642. The van der Waals surface area contributed by atoms with Gasteiger partial charge in [0, 0.05) is 35.8 Å². The summed E-state index contributed by atoms with van der Waals surface area (Å²) in [7, 11) is 0. The highest BCUT2D eigenvalue weighted by Crippen LogP contribution is 2.37. The second-order valence-electron chi connectivity index (χ2n) is 7.67. The highest BCUT2D eigenvalue weighted by Gasteiger charge is 2.24. The monoisotopic (exact) mass is 412 g/mol. The molecule has 0 aliphatic carbocycles. The van der Waals surface area contributed by atoms with E-state index in [1.54, 1.807) is 22.2 Å². The van der Waals surface area contributed by atoms with E-state index in [4.69, 9.17) is 10.7 Å². The van der Waals surface area contributed by atoms with Crippen LogP contribution in [0.4, 0.5) is 5.69 Å². The Balaban J connectivity index is 1.40. The lowest BCUT2D eigenvalue weighted by Crippen LogP contribution is -2.29. The summed E-state index contributed by atoms with van der Waals surface area (Å²) in [4.78, 5) is 14.5. The number of rotatable bonds is 3. The number of anilines is 1. The van der Waals surface area contributed by atoms with Crippen LogP contribution in [0.3, 0.4) is 0 Å². The molecule has 6 rings (SSSR count). The first-order valence-electron chi connectivity index (χ1n) is 10.0. The smallest absolute Gasteiger partial charge is 0.184 e. The van der Waals surface area contributed by atoms with Crippen molar-refractivity contribution in [3.05, 3.63) is 76.9 Å². The van der Waals surface area contributed by atoms with Crippen molar-refractivity contribution in [3.8, 4) is 11.4 Å². The maximum atomic E-state index is 6.15. The predicted molar refractivity (Wildman–Crippen MR) is 120 cm³/mol. The number of para-hydroxylation sites is 1. The molecule has 5 aromatic rings. The van der Waals surface area contributed by atoms with Crippen LogP contribution >= 0.6 is 11.3 Å². The third-order valence-corrected chi connectivity index (χ3v) is 6.83. The van der Waals surface area contributed by atoms with Gasteiger partial charge in [0.1, 0.15) is 11.2 Å². The van der Waals surface area contributed by atoms with E-state index in [1.165, 1.54) is 16.0 Å². The van der Waals surface area contributed by atoms with Crippen LogP contribution in [-0.2, 0) is 19.5 Å². The number of fused-ring (bicyclic) bond motifs is 5. The SMILES string of the molecule is Nc1ccccc1-c1nc2c3c4c(sc3ncn2n1)CN(Cc1ccccc1)CC4. The van der Waals surface area contributed by atoms with Crippen LogP contribution in [-0.4, -0.2) is 31.0 Å². The third-order valence-electron chi connectivity index (χ3n) is 5.71. The van der Waals surface area contributed by atoms with Crippen LogP contribution in [0.15, 0.2) is 60.9 Å². The van der Waals surface area contributed by atoms with E-state index < -0.39 is 0 Å². The summed E-state index contributed by atoms with van der Waals surface area (Å²) in [5, 5.41) is 5.79. The Morgan fingerprint density at radius 1 is 1.03 bits per heavy atom. The number of aromatic nitrogens is 4. The van der Waals surface area contributed by atoms with Gasteiger partial charge in [-0.1, -0.05) is 42.5 Å². The van der Waals surface area contributed by atoms with Crippen LogP contribution in [0, 0.1) is 0 Å². The molecule has 4 heterocycles. The van der Waals surface area contributed by atoms with E-state index in [0.717, 1.165) is 47.5 Å². The zero-order valence-corrected chi connectivity index (χ0v) is 17.1. The van der Waals surface area contributed by atoms with E-state index in [9.17, 15) is 0 Å². The van der Waals surface area contributed by atoms with E-state index in [2.05, 4.69) is 45.3 Å². The first kappa shape index (κ1) is 17.6. The van der Waals surface area contributed by atoms with Gasteiger partial charge in [-0.05, 0) is 29.7 Å². The van der Waals surface area contributed by atoms with Gasteiger partial charge in [0.15, 0.2) is 11.5 Å². The second-order valence-corrected chi connectivity index (χ2v) is 8.75. The Morgan fingerprint density at radius 2 is 1.87 bits per heavy atom. The number of thiophene rings is 1. The molecule has 30 heavy (non-hydrogen) atoms. The molecule has 7 heteroatoms. The normalized spacial score (nSPS) is 14.4. The minimum absolute atomic E-state index is 0.642. The van der Waals surface area contributed by atoms with Gasteiger partial charge in [-0.15, -0.1) is 16.4 Å². The van der Waals surface area contributed by atoms with Crippen molar-refractivity contribution in [1.29, 1.82) is 0 Å². The number of hydrogen-bond acceptors (Lipinski definition) is 6. The Hall–Kier alpha value is -3.29. The van der Waals surface area contributed by atoms with Crippen LogP contribution in [0.2, 0.25) is 0 Å². The van der Waals surface area contributed by atoms with Crippen molar-refractivity contribution in [2.75, 3.05) is 12.3 Å². The topological polar surface area (TPSA) is 72.3 Å². The van der Waals surface area contributed by atoms with Crippen molar-refractivity contribution in [2.24, 2.45) is 0 Å². The number of nitrogen functional groups attached to an aromatic ring is 1. The minimum Gasteiger partial charge on any atom is -0.398 e. The molecule has 0 amide bonds. The standard InChI is InChI=1S/C23H20N6S/c24-18-9-5-4-8-16(18)21-26-22-20-17-10-11-28(12-15-6-2-1-3-7-15)13-19(17)30-23(20)25-14-29(22)27-21/h1-9,14H,10-13,24H2. The molecule has 1 aliphatic rings. The molecular weight excluding hydrogens is 392 g/mol. The van der Waals surface area contributed by atoms with E-state index in [0.29, 0.717) is 11.5 Å². The van der Waals surface area contributed by atoms with Crippen LogP contribution in [0.25, 0.3) is 27.3 Å². The third kappa shape index (κ3) is 2.86. The molecule has 0 saturated heterocycles. The average molecular weight is 413 g/mol. The zero-order chi connectivity index (χ0) is 20.1. The molecule has 2 N–H and O–H groups in total. The first-order chi connectivity index (χ1) is 14.8. The molecule has 0 radical (unpaired) electrons. The number of hydrogen-bond donors (Lipinski definition) is 1. The van der Waals surface area contributed by atoms with Crippen molar-refractivity contribution in [1.82, 2.24) is 24.5 Å². The van der Waals surface area contributed by atoms with Gasteiger partial charge >= 0.3 is 0 Å². The lowest BCUT2D eigenvalue weighted by atomic mass is 10.0. The molecule has 1 aliphatic heterocycles. The first-order valence-corrected chi connectivity index (χ1v) is 10.8. The molecular formula is C23H20N6S. The fraction of sp³-hybridized carbons (Fsp3) is 0.174. The maximum Gasteiger partial charge on any atom is 0.184 e. The van der Waals surface area contributed by atoms with Crippen molar-refractivity contribution >= 4 is 32.9 Å². The summed E-state index contributed by atoms with van der Waals surface area (Å²) >= 11 is 1.78. The molecule has 148 valence electrons. The summed E-state index contributed by atoms with van der Waals surface area (Å²) in [5.41, 5.74) is 11.3. The van der Waals surface area contributed by atoms with Gasteiger partial charge in [0.25, 0.3) is 0 Å². The highest BCUT2D eigenvalue weighted by molar-refractivity contribution is 7.19. The largest absolute Gasteiger partial charge is 0.398 e. The molecule has 2 aromatic carbocycles. The van der Waals surface area contributed by atoms with Crippen molar-refractivity contribution < 1.29 is 0 Å². The summed E-state index contributed by atoms with van der Waals surface area (Å²) < 4.78 is 1.79. The zero-order valence-electron chi connectivity index (χ0n) is 16.3. The van der Waals surface area contributed by atoms with E-state index in [1.807, 2.05) is 24.3 Å². The van der Waals surface area contributed by atoms with Gasteiger partial charge in [-0.2, -0.15) is 0 Å². The van der Waals surface area contributed by atoms with Gasteiger partial charge in [0.2, 0.25) is 0 Å². The van der Waals surface area contributed by atoms with E-state index in [-0.39, 0.29) is 0 Å². The molecule has 0 unspecified atom stereocenters. The number of benzene rings is 2. The second kappa shape index (κ2) is 6.90. The average Bonchev–Trinajstić information content (AvgIpc) is 3.35. The quantitative estimate of drug-likeness (QED) is 0.451. The van der Waals surface area contributed by atoms with Gasteiger partial charge in [0.05, 0.1) is 5.39 Å². The molecule has 6 nitrogen and oxygen atoms in total. The Labute approximate surface area is 177 Å². The highest BCUT2D eigenvalue weighted by atomic mass is 32.1. The van der Waals surface area contributed by atoms with Gasteiger partial charge in [-0.3, -0.25) is 4.90 Å². The Morgan fingerprint density at radius 3 is 2.73 bits per heavy atom. The summed E-state index contributed by atoms with van der Waals surface area (Å²) in [6.45, 7) is 2.95. The van der Waals surface area contributed by atoms with E-state index >= 15 is 0 Å². The molecule has 0 atom stereocenters. The summed E-state index contributed by atoms with van der Waals surface area (Å²) in [6, 6.07) is 18.4. The van der Waals surface area contributed by atoms with Crippen molar-refractivity contribution in [3.63, 3.8) is 0 Å². The van der Waals surface area contributed by atoms with Crippen LogP contribution in [0.1, 0.15) is 16.0 Å². The molecule has 0 bridgehead atoms. The molecule has 0 fully saturated rings. The lowest BCUT2D eigenvalue weighted by Gasteiger charge is -2.26. The minimum atomic E-state index is 0.642. The Bertz CT molecular complexity index is 1370. The van der Waals surface area contributed by atoms with Crippen LogP contribution in [0.5, 0.6) is 0 Å². The lowest BCUT2D eigenvalue weighted by molar-refractivity contribution is 0.249. The molecule has 0 saturated carbocycles. The van der Waals surface area contributed by atoms with Crippen LogP contribution < -0.4 is 5.73 Å².